The van der Waals surface area contributed by atoms with E-state index in [0.717, 1.165) is 32.1 Å². The first kappa shape index (κ1) is 29.9. The summed E-state index contributed by atoms with van der Waals surface area (Å²) < 4.78 is 6.25. The summed E-state index contributed by atoms with van der Waals surface area (Å²) in [5.41, 5.74) is 1.76. The Bertz CT molecular complexity index is 968. The standard InChI is InChI=1S/C35H58O3/c1-12-30(37)38-29(15-16-31(4,5)6)32(7,8)28-14-18-34(10)25-20-27(36)26-19-22(2)23(3)21-33(26,9)24(25)13-17-35(28,34)11/h20,22-24,26,28-29H,12-19,21H2,1-11H3/t22-,23+,24?,26+,28-,29-,33-,34+,35-/m1/s1. The van der Waals surface area contributed by atoms with E-state index < -0.39 is 0 Å². The molecule has 0 heterocycles. The molecule has 9 atom stereocenters. The van der Waals surface area contributed by atoms with Crippen molar-refractivity contribution in [2.24, 2.45) is 56.7 Å². The summed E-state index contributed by atoms with van der Waals surface area (Å²) >= 11 is 0. The van der Waals surface area contributed by atoms with Gasteiger partial charge in [0.05, 0.1) is 0 Å². The van der Waals surface area contributed by atoms with Gasteiger partial charge >= 0.3 is 5.97 Å². The fourth-order valence-electron chi connectivity index (χ4n) is 10.1. The predicted molar refractivity (Wildman–Crippen MR) is 157 cm³/mol. The monoisotopic (exact) mass is 526 g/mol. The highest BCUT2D eigenvalue weighted by molar-refractivity contribution is 5.94. The van der Waals surface area contributed by atoms with E-state index in [1.54, 1.807) is 0 Å². The second kappa shape index (κ2) is 9.76. The number of allylic oxidation sites excluding steroid dienone is 2. The Morgan fingerprint density at radius 2 is 1.68 bits per heavy atom. The second-order valence-corrected chi connectivity index (χ2v) is 16.6. The molecule has 0 aromatic heterocycles. The maximum absolute atomic E-state index is 13.8. The van der Waals surface area contributed by atoms with Crippen molar-refractivity contribution in [1.29, 1.82) is 0 Å². The molecular weight excluding hydrogens is 468 g/mol. The lowest BCUT2D eigenvalue weighted by molar-refractivity contribution is -0.164. The average molecular weight is 527 g/mol. The molecule has 0 aromatic rings. The van der Waals surface area contributed by atoms with Crippen LogP contribution in [0.5, 0.6) is 0 Å². The van der Waals surface area contributed by atoms with Crippen molar-refractivity contribution in [3.63, 3.8) is 0 Å². The molecule has 0 N–H and O–H groups in total. The summed E-state index contributed by atoms with van der Waals surface area (Å²) in [5, 5.41) is 0. The Hall–Kier alpha value is -1.12. The molecule has 0 aliphatic heterocycles. The van der Waals surface area contributed by atoms with E-state index in [-0.39, 0.29) is 45.1 Å². The molecule has 1 unspecified atom stereocenters. The summed E-state index contributed by atoms with van der Waals surface area (Å²) in [6, 6.07) is 0. The summed E-state index contributed by atoms with van der Waals surface area (Å²) in [6.45, 7) is 25.7. The van der Waals surface area contributed by atoms with Gasteiger partial charge in [-0.25, -0.2) is 0 Å². The lowest BCUT2D eigenvalue weighted by atomic mass is 9.42. The first-order valence-electron chi connectivity index (χ1n) is 15.9. The molecule has 0 aromatic carbocycles. The van der Waals surface area contributed by atoms with Crippen molar-refractivity contribution in [2.45, 2.75) is 140 Å². The molecule has 0 saturated heterocycles. The van der Waals surface area contributed by atoms with Crippen molar-refractivity contribution in [3.8, 4) is 0 Å². The molecule has 4 aliphatic rings. The SMILES string of the molecule is CCC(=O)O[C@H](CCC(C)(C)C)C(C)(C)[C@H]1CC[C@@]2(C)C3=CC(=O)[C@@H]4C[C@@H](C)[C@@H](C)C[C@]4(C)C3CC[C@]12C. The first-order valence-corrected chi connectivity index (χ1v) is 15.9. The van der Waals surface area contributed by atoms with E-state index in [1.807, 2.05) is 6.92 Å². The first-order chi connectivity index (χ1) is 17.4. The minimum atomic E-state index is -0.129. The number of hydrogen-bond acceptors (Lipinski definition) is 3. The highest BCUT2D eigenvalue weighted by atomic mass is 16.5. The van der Waals surface area contributed by atoms with Gasteiger partial charge in [-0.2, -0.15) is 0 Å². The van der Waals surface area contributed by atoms with Gasteiger partial charge in [0, 0.05) is 17.8 Å². The Balaban J connectivity index is 1.69. The fraction of sp³-hybridized carbons (Fsp3) is 0.886. The number of hydrogen-bond donors (Lipinski definition) is 0. The number of ketones is 1. The lowest BCUT2D eigenvalue weighted by Gasteiger charge is -2.62. The van der Waals surface area contributed by atoms with Crippen LogP contribution in [0.4, 0.5) is 0 Å². The third kappa shape index (κ3) is 4.64. The molecular formula is C35H58O3. The van der Waals surface area contributed by atoms with Crippen molar-refractivity contribution < 1.29 is 14.3 Å². The highest BCUT2D eigenvalue weighted by Gasteiger charge is 2.67. The van der Waals surface area contributed by atoms with Crippen LogP contribution in [0.25, 0.3) is 0 Å². The van der Waals surface area contributed by atoms with Crippen LogP contribution >= 0.6 is 0 Å². The average Bonchev–Trinajstić information content (AvgIpc) is 3.09. The van der Waals surface area contributed by atoms with Crippen LogP contribution in [0.1, 0.15) is 134 Å². The molecule has 3 heteroatoms. The van der Waals surface area contributed by atoms with Gasteiger partial charge in [0.1, 0.15) is 6.10 Å². The van der Waals surface area contributed by atoms with Crippen LogP contribution in [0.2, 0.25) is 0 Å². The zero-order chi connectivity index (χ0) is 28.5. The highest BCUT2D eigenvalue weighted by Crippen LogP contribution is 2.73. The van der Waals surface area contributed by atoms with Crippen LogP contribution in [0.3, 0.4) is 0 Å². The summed E-state index contributed by atoms with van der Waals surface area (Å²) in [4.78, 5) is 26.4. The normalized spacial score (nSPS) is 42.0. The summed E-state index contributed by atoms with van der Waals surface area (Å²) in [6.07, 6.45) is 11.3. The molecule has 3 fully saturated rings. The third-order valence-electron chi connectivity index (χ3n) is 12.9. The maximum Gasteiger partial charge on any atom is 0.305 e. The van der Waals surface area contributed by atoms with Crippen LogP contribution in [0, 0.1) is 56.7 Å². The Morgan fingerprint density at radius 1 is 1.03 bits per heavy atom. The van der Waals surface area contributed by atoms with E-state index in [2.05, 4.69) is 75.3 Å². The third-order valence-corrected chi connectivity index (χ3v) is 12.9. The summed E-state index contributed by atoms with van der Waals surface area (Å²) in [7, 11) is 0. The number of carbonyl (C=O) groups is 2. The Labute approximate surface area is 234 Å². The number of carbonyl (C=O) groups excluding carboxylic acids is 2. The van der Waals surface area contributed by atoms with Crippen LogP contribution in [-0.2, 0) is 14.3 Å². The number of rotatable bonds is 6. The molecule has 4 rings (SSSR count). The van der Waals surface area contributed by atoms with E-state index in [0.29, 0.717) is 35.9 Å². The van der Waals surface area contributed by atoms with Gasteiger partial charge < -0.3 is 4.74 Å². The van der Waals surface area contributed by atoms with Gasteiger partial charge in [-0.3, -0.25) is 9.59 Å². The second-order valence-electron chi connectivity index (χ2n) is 16.6. The molecule has 3 saturated carbocycles. The summed E-state index contributed by atoms with van der Waals surface area (Å²) in [5.74, 6) is 2.80. The number of ether oxygens (including phenoxy) is 1. The van der Waals surface area contributed by atoms with Crippen LogP contribution < -0.4 is 0 Å². The van der Waals surface area contributed by atoms with Crippen LogP contribution in [0.15, 0.2) is 11.6 Å². The van der Waals surface area contributed by atoms with Gasteiger partial charge in [-0.05, 0) is 103 Å². The van der Waals surface area contributed by atoms with E-state index in [4.69, 9.17) is 4.74 Å². The van der Waals surface area contributed by atoms with E-state index in [9.17, 15) is 9.59 Å². The fourth-order valence-corrected chi connectivity index (χ4v) is 10.1. The van der Waals surface area contributed by atoms with Gasteiger partial charge in [-0.1, -0.05) is 81.7 Å². The maximum atomic E-state index is 13.8. The van der Waals surface area contributed by atoms with Crippen molar-refractivity contribution in [2.75, 3.05) is 0 Å². The predicted octanol–water partition coefficient (Wildman–Crippen LogP) is 9.19. The van der Waals surface area contributed by atoms with E-state index >= 15 is 0 Å². The van der Waals surface area contributed by atoms with Gasteiger partial charge in [0.15, 0.2) is 5.78 Å². The smallest absolute Gasteiger partial charge is 0.305 e. The van der Waals surface area contributed by atoms with Gasteiger partial charge in [-0.15, -0.1) is 0 Å². The molecule has 38 heavy (non-hydrogen) atoms. The number of fused-ring (bicyclic) bond motifs is 5. The molecule has 216 valence electrons. The number of esters is 1. The molecule has 0 radical (unpaired) electrons. The molecule has 3 nitrogen and oxygen atoms in total. The minimum absolute atomic E-state index is 0.0249. The zero-order valence-electron chi connectivity index (χ0n) is 26.6. The molecule has 0 bridgehead atoms. The largest absolute Gasteiger partial charge is 0.462 e. The van der Waals surface area contributed by atoms with Crippen molar-refractivity contribution in [1.82, 2.24) is 0 Å². The Kier molecular flexibility index (Phi) is 7.67. The molecule has 0 amide bonds. The lowest BCUT2D eigenvalue weighted by Crippen LogP contribution is -2.57. The van der Waals surface area contributed by atoms with Gasteiger partial charge in [0.2, 0.25) is 0 Å². The van der Waals surface area contributed by atoms with E-state index in [1.165, 1.54) is 24.8 Å². The minimum Gasteiger partial charge on any atom is -0.462 e. The molecule has 4 aliphatic carbocycles. The van der Waals surface area contributed by atoms with Gasteiger partial charge in [0.25, 0.3) is 0 Å². The quantitative estimate of drug-likeness (QED) is 0.324. The topological polar surface area (TPSA) is 43.4 Å². The van der Waals surface area contributed by atoms with Crippen LogP contribution in [-0.4, -0.2) is 17.9 Å². The van der Waals surface area contributed by atoms with Crippen molar-refractivity contribution in [3.05, 3.63) is 11.6 Å². The Morgan fingerprint density at radius 3 is 2.29 bits per heavy atom. The van der Waals surface area contributed by atoms with Crippen molar-refractivity contribution >= 4 is 11.8 Å². The molecule has 0 spiro atoms. The zero-order valence-corrected chi connectivity index (χ0v) is 26.6.